The second-order valence-corrected chi connectivity index (χ2v) is 6.65. The van der Waals surface area contributed by atoms with E-state index >= 15 is 0 Å². The summed E-state index contributed by atoms with van der Waals surface area (Å²) in [5.41, 5.74) is 0.151. The number of carboxylic acids is 2. The number of sulfonamides is 1. The lowest BCUT2D eigenvalue weighted by molar-refractivity contribution is -0.140. The molecule has 1 rings (SSSR count). The van der Waals surface area contributed by atoms with Crippen LogP contribution in [0, 0.1) is 12.8 Å². The van der Waals surface area contributed by atoms with Crippen LogP contribution in [-0.4, -0.2) is 36.6 Å². The smallest absolute Gasteiger partial charge is 0.335 e. The highest BCUT2D eigenvalue weighted by Crippen LogP contribution is 2.18. The maximum atomic E-state index is 12.3. The summed E-state index contributed by atoms with van der Waals surface area (Å²) in [5, 5.41) is 18.0. The SMILES string of the molecule is Cc1ccc(C(=O)O)cc1S(=O)(=O)N[C@H](C(=O)O)C(C)C. The molecule has 21 heavy (non-hydrogen) atoms. The molecule has 0 radical (unpaired) electrons. The van der Waals surface area contributed by atoms with Gasteiger partial charge in [-0.2, -0.15) is 4.72 Å². The molecular weight excluding hydrogens is 298 g/mol. The van der Waals surface area contributed by atoms with Crippen molar-refractivity contribution in [1.82, 2.24) is 4.72 Å². The molecule has 0 aliphatic heterocycles. The zero-order valence-electron chi connectivity index (χ0n) is 11.8. The zero-order valence-corrected chi connectivity index (χ0v) is 12.6. The lowest BCUT2D eigenvalue weighted by Crippen LogP contribution is -2.44. The molecule has 0 heterocycles. The fraction of sp³-hybridized carbons (Fsp3) is 0.385. The van der Waals surface area contributed by atoms with Crippen molar-refractivity contribution in [3.63, 3.8) is 0 Å². The van der Waals surface area contributed by atoms with E-state index in [1.54, 1.807) is 13.8 Å². The Morgan fingerprint density at radius 2 is 1.76 bits per heavy atom. The highest BCUT2D eigenvalue weighted by atomic mass is 32.2. The van der Waals surface area contributed by atoms with E-state index in [0.29, 0.717) is 5.56 Å². The molecule has 1 aromatic carbocycles. The van der Waals surface area contributed by atoms with Gasteiger partial charge in [0.25, 0.3) is 0 Å². The molecule has 116 valence electrons. The number of hydrogen-bond acceptors (Lipinski definition) is 4. The number of aliphatic carboxylic acids is 1. The van der Waals surface area contributed by atoms with Gasteiger partial charge in [0.05, 0.1) is 10.5 Å². The van der Waals surface area contributed by atoms with Gasteiger partial charge < -0.3 is 10.2 Å². The molecule has 0 aliphatic carbocycles. The molecule has 1 atom stereocenters. The van der Waals surface area contributed by atoms with Crippen LogP contribution < -0.4 is 4.72 Å². The minimum atomic E-state index is -4.13. The van der Waals surface area contributed by atoms with Crippen molar-refractivity contribution in [2.45, 2.75) is 31.7 Å². The lowest BCUT2D eigenvalue weighted by Gasteiger charge is -2.19. The van der Waals surface area contributed by atoms with Crippen molar-refractivity contribution in [3.8, 4) is 0 Å². The zero-order chi connectivity index (χ0) is 16.4. The van der Waals surface area contributed by atoms with E-state index in [2.05, 4.69) is 4.72 Å². The molecule has 0 bridgehead atoms. The largest absolute Gasteiger partial charge is 0.480 e. The Balaban J connectivity index is 3.27. The molecule has 1 aromatic rings. The average molecular weight is 315 g/mol. The van der Waals surface area contributed by atoms with E-state index in [9.17, 15) is 18.0 Å². The first-order chi connectivity index (χ1) is 9.56. The maximum absolute atomic E-state index is 12.3. The lowest BCUT2D eigenvalue weighted by atomic mass is 10.1. The van der Waals surface area contributed by atoms with Crippen LogP contribution in [0.15, 0.2) is 23.1 Å². The Labute approximate surface area is 122 Å². The molecule has 0 amide bonds. The Morgan fingerprint density at radius 3 is 2.19 bits per heavy atom. The van der Waals surface area contributed by atoms with Crippen LogP contribution >= 0.6 is 0 Å². The molecule has 0 saturated heterocycles. The maximum Gasteiger partial charge on any atom is 0.335 e. The van der Waals surface area contributed by atoms with Crippen molar-refractivity contribution in [3.05, 3.63) is 29.3 Å². The van der Waals surface area contributed by atoms with Crippen LogP contribution in [0.1, 0.15) is 29.8 Å². The molecule has 0 fully saturated rings. The minimum absolute atomic E-state index is 0.183. The van der Waals surface area contributed by atoms with Crippen molar-refractivity contribution in [2.24, 2.45) is 5.92 Å². The van der Waals surface area contributed by atoms with Gasteiger partial charge in [-0.05, 0) is 30.5 Å². The van der Waals surface area contributed by atoms with Crippen LogP contribution in [0.5, 0.6) is 0 Å². The fourth-order valence-corrected chi connectivity index (χ4v) is 3.33. The van der Waals surface area contributed by atoms with E-state index in [0.717, 1.165) is 6.07 Å². The summed E-state index contributed by atoms with van der Waals surface area (Å²) >= 11 is 0. The van der Waals surface area contributed by atoms with Gasteiger partial charge in [-0.15, -0.1) is 0 Å². The van der Waals surface area contributed by atoms with Gasteiger partial charge in [-0.25, -0.2) is 13.2 Å². The Morgan fingerprint density at radius 1 is 1.19 bits per heavy atom. The quantitative estimate of drug-likeness (QED) is 0.722. The molecule has 8 heteroatoms. The van der Waals surface area contributed by atoms with Crippen molar-refractivity contribution < 1.29 is 28.2 Å². The van der Waals surface area contributed by atoms with Crippen LogP contribution in [0.4, 0.5) is 0 Å². The highest BCUT2D eigenvalue weighted by Gasteiger charge is 2.29. The molecule has 0 saturated carbocycles. The van der Waals surface area contributed by atoms with Gasteiger partial charge in [0, 0.05) is 0 Å². The monoisotopic (exact) mass is 315 g/mol. The Hall–Kier alpha value is -1.93. The summed E-state index contributed by atoms with van der Waals surface area (Å²) in [6.07, 6.45) is 0. The van der Waals surface area contributed by atoms with Crippen LogP contribution in [0.2, 0.25) is 0 Å². The predicted molar refractivity (Wildman–Crippen MR) is 74.7 cm³/mol. The number of nitrogens with one attached hydrogen (secondary N) is 1. The third-order valence-electron chi connectivity index (χ3n) is 2.94. The van der Waals surface area contributed by atoms with Gasteiger partial charge >= 0.3 is 11.9 Å². The van der Waals surface area contributed by atoms with E-state index in [1.807, 2.05) is 0 Å². The minimum Gasteiger partial charge on any atom is -0.480 e. The van der Waals surface area contributed by atoms with Gasteiger partial charge in [-0.1, -0.05) is 19.9 Å². The summed E-state index contributed by atoms with van der Waals surface area (Å²) in [6.45, 7) is 4.65. The van der Waals surface area contributed by atoms with Crippen LogP contribution in [0.3, 0.4) is 0 Å². The predicted octanol–water partition coefficient (Wildman–Crippen LogP) is 1.08. The first kappa shape index (κ1) is 17.1. The number of carbonyl (C=O) groups is 2. The van der Waals surface area contributed by atoms with E-state index in [1.165, 1.54) is 19.1 Å². The van der Waals surface area contributed by atoms with Crippen molar-refractivity contribution in [1.29, 1.82) is 0 Å². The van der Waals surface area contributed by atoms with Crippen LogP contribution in [0.25, 0.3) is 0 Å². The molecule has 7 nitrogen and oxygen atoms in total. The normalized spacial score (nSPS) is 13.1. The van der Waals surface area contributed by atoms with Gasteiger partial charge in [0.15, 0.2) is 0 Å². The number of carboxylic acid groups (broad SMARTS) is 2. The van der Waals surface area contributed by atoms with Gasteiger partial charge in [0.1, 0.15) is 6.04 Å². The average Bonchev–Trinajstić information content (AvgIpc) is 2.35. The molecule has 0 unspecified atom stereocenters. The van der Waals surface area contributed by atoms with E-state index < -0.39 is 33.9 Å². The standard InChI is InChI=1S/C13H17NO6S/c1-7(2)11(13(17)18)14-21(19,20)10-6-9(12(15)16)5-4-8(10)3/h4-7,11,14H,1-3H3,(H,15,16)(H,17,18)/t11-/m0/s1. The van der Waals surface area contributed by atoms with Crippen molar-refractivity contribution in [2.75, 3.05) is 0 Å². The number of hydrogen-bond donors (Lipinski definition) is 3. The third kappa shape index (κ3) is 4.02. The molecule has 0 spiro atoms. The summed E-state index contributed by atoms with van der Waals surface area (Å²) in [6, 6.07) is 2.37. The van der Waals surface area contributed by atoms with Crippen molar-refractivity contribution >= 4 is 22.0 Å². The van der Waals surface area contributed by atoms with Crippen LogP contribution in [-0.2, 0) is 14.8 Å². The summed E-state index contributed by atoms with van der Waals surface area (Å²) in [5.74, 6) is -3.01. The fourth-order valence-electron chi connectivity index (χ4n) is 1.72. The Bertz CT molecular complexity index is 665. The number of rotatable bonds is 6. The number of benzene rings is 1. The molecule has 3 N–H and O–H groups in total. The van der Waals surface area contributed by atoms with Gasteiger partial charge in [0.2, 0.25) is 10.0 Å². The van der Waals surface area contributed by atoms with Gasteiger partial charge in [-0.3, -0.25) is 4.79 Å². The van der Waals surface area contributed by atoms with E-state index in [4.69, 9.17) is 10.2 Å². The first-order valence-electron chi connectivity index (χ1n) is 6.15. The Kier molecular flexibility index (Phi) is 5.08. The molecule has 0 aliphatic rings. The number of aryl methyl sites for hydroxylation is 1. The topological polar surface area (TPSA) is 121 Å². The summed E-state index contributed by atoms with van der Waals surface area (Å²) in [4.78, 5) is 21.8. The first-order valence-corrected chi connectivity index (χ1v) is 7.63. The van der Waals surface area contributed by atoms with E-state index in [-0.39, 0.29) is 10.5 Å². The summed E-state index contributed by atoms with van der Waals surface area (Å²) < 4.78 is 26.7. The second-order valence-electron chi connectivity index (χ2n) is 4.97. The molecular formula is C13H17NO6S. The molecule has 0 aromatic heterocycles. The second kappa shape index (κ2) is 6.23. The highest BCUT2D eigenvalue weighted by molar-refractivity contribution is 7.89. The third-order valence-corrected chi connectivity index (χ3v) is 4.52. The number of aromatic carboxylic acids is 1. The summed E-state index contributed by atoms with van der Waals surface area (Å²) in [7, 11) is -4.13.